The standard InChI is InChI=1S/C23H31N3/c1-25-15-17-26(18-16-25)14-7-3-2-4-9-19-10-8-12-21-20-11-5-6-13-22(20)24-23(19)21/h5-6,8,10-13,24H,2-4,7,9,14-18H2,1H3. The molecule has 3 aromatic rings. The number of H-pyrrole nitrogens is 1. The second kappa shape index (κ2) is 8.24. The molecule has 1 aliphatic heterocycles. The number of fused-ring (bicyclic) bond motifs is 3. The first-order valence-electron chi connectivity index (χ1n) is 10.2. The van der Waals surface area contributed by atoms with Crippen LogP contribution in [-0.4, -0.2) is 54.6 Å². The summed E-state index contributed by atoms with van der Waals surface area (Å²) >= 11 is 0. The zero-order valence-electron chi connectivity index (χ0n) is 16.0. The lowest BCUT2D eigenvalue weighted by molar-refractivity contribution is 0.152. The van der Waals surface area contributed by atoms with Gasteiger partial charge in [-0.2, -0.15) is 0 Å². The molecule has 0 saturated carbocycles. The van der Waals surface area contributed by atoms with Crippen molar-refractivity contribution in [3.8, 4) is 0 Å². The number of nitrogens with one attached hydrogen (secondary N) is 1. The van der Waals surface area contributed by atoms with Crippen molar-refractivity contribution in [2.45, 2.75) is 32.1 Å². The fraction of sp³-hybridized carbons (Fsp3) is 0.478. The van der Waals surface area contributed by atoms with E-state index >= 15 is 0 Å². The number of para-hydroxylation sites is 2. The first kappa shape index (κ1) is 17.6. The average Bonchev–Trinajstić information content (AvgIpc) is 3.05. The highest BCUT2D eigenvalue weighted by molar-refractivity contribution is 6.08. The fourth-order valence-corrected chi connectivity index (χ4v) is 4.22. The zero-order chi connectivity index (χ0) is 17.8. The van der Waals surface area contributed by atoms with Crippen molar-refractivity contribution >= 4 is 21.8 Å². The van der Waals surface area contributed by atoms with E-state index in [0.717, 1.165) is 0 Å². The molecule has 2 heterocycles. The third kappa shape index (κ3) is 3.94. The largest absolute Gasteiger partial charge is 0.354 e. The van der Waals surface area contributed by atoms with Crippen LogP contribution in [0.15, 0.2) is 42.5 Å². The molecule has 1 aliphatic rings. The predicted molar refractivity (Wildman–Crippen MR) is 112 cm³/mol. The zero-order valence-corrected chi connectivity index (χ0v) is 16.0. The first-order valence-corrected chi connectivity index (χ1v) is 10.2. The van der Waals surface area contributed by atoms with Crippen molar-refractivity contribution in [3.63, 3.8) is 0 Å². The van der Waals surface area contributed by atoms with Gasteiger partial charge in [-0.15, -0.1) is 0 Å². The van der Waals surface area contributed by atoms with E-state index in [-0.39, 0.29) is 0 Å². The molecule has 26 heavy (non-hydrogen) atoms. The van der Waals surface area contributed by atoms with Crippen LogP contribution in [0.2, 0.25) is 0 Å². The Balaban J connectivity index is 1.26. The Morgan fingerprint density at radius 2 is 1.58 bits per heavy atom. The van der Waals surface area contributed by atoms with E-state index < -0.39 is 0 Å². The average molecular weight is 350 g/mol. The quantitative estimate of drug-likeness (QED) is 0.626. The van der Waals surface area contributed by atoms with Crippen LogP contribution < -0.4 is 0 Å². The number of aromatic amines is 1. The molecule has 2 aromatic carbocycles. The molecule has 0 atom stereocenters. The summed E-state index contributed by atoms with van der Waals surface area (Å²) in [4.78, 5) is 8.70. The molecule has 0 bridgehead atoms. The van der Waals surface area contributed by atoms with Crippen LogP contribution in [0.1, 0.15) is 31.2 Å². The Morgan fingerprint density at radius 3 is 2.46 bits per heavy atom. The Morgan fingerprint density at radius 1 is 0.808 bits per heavy atom. The fourth-order valence-electron chi connectivity index (χ4n) is 4.22. The maximum atomic E-state index is 3.63. The normalized spacial score (nSPS) is 16.7. The molecule has 0 unspecified atom stereocenters. The van der Waals surface area contributed by atoms with Crippen molar-refractivity contribution < 1.29 is 0 Å². The minimum absolute atomic E-state index is 1.18. The number of aromatic nitrogens is 1. The van der Waals surface area contributed by atoms with Crippen molar-refractivity contribution in [1.82, 2.24) is 14.8 Å². The minimum atomic E-state index is 1.18. The van der Waals surface area contributed by atoms with E-state index in [9.17, 15) is 0 Å². The van der Waals surface area contributed by atoms with Gasteiger partial charge in [0.2, 0.25) is 0 Å². The van der Waals surface area contributed by atoms with E-state index in [2.05, 4.69) is 64.3 Å². The molecule has 1 saturated heterocycles. The van der Waals surface area contributed by atoms with Gasteiger partial charge in [0.1, 0.15) is 0 Å². The van der Waals surface area contributed by atoms with E-state index in [4.69, 9.17) is 0 Å². The van der Waals surface area contributed by atoms with E-state index in [1.54, 1.807) is 0 Å². The summed E-state index contributed by atoms with van der Waals surface area (Å²) in [5.41, 5.74) is 4.06. The summed E-state index contributed by atoms with van der Waals surface area (Å²) in [6.07, 6.45) is 6.51. The molecule has 1 aromatic heterocycles. The highest BCUT2D eigenvalue weighted by atomic mass is 15.2. The first-order chi connectivity index (χ1) is 12.8. The van der Waals surface area contributed by atoms with Crippen LogP contribution in [0.3, 0.4) is 0 Å². The van der Waals surface area contributed by atoms with Gasteiger partial charge in [0.15, 0.2) is 0 Å². The highest BCUT2D eigenvalue weighted by Crippen LogP contribution is 2.28. The van der Waals surface area contributed by atoms with Crippen LogP contribution in [0, 0.1) is 0 Å². The Kier molecular flexibility index (Phi) is 5.57. The van der Waals surface area contributed by atoms with Crippen LogP contribution in [0.25, 0.3) is 21.8 Å². The number of hydrogen-bond acceptors (Lipinski definition) is 2. The van der Waals surface area contributed by atoms with E-state index in [0.29, 0.717) is 0 Å². The summed E-state index contributed by atoms with van der Waals surface area (Å²) in [6, 6.07) is 15.4. The number of benzene rings is 2. The van der Waals surface area contributed by atoms with Crippen LogP contribution >= 0.6 is 0 Å². The Bertz CT molecular complexity index is 843. The second-order valence-electron chi connectivity index (χ2n) is 7.82. The number of aryl methyl sites for hydroxylation is 1. The lowest BCUT2D eigenvalue weighted by Crippen LogP contribution is -2.44. The topological polar surface area (TPSA) is 22.3 Å². The second-order valence-corrected chi connectivity index (χ2v) is 7.82. The molecule has 1 N–H and O–H groups in total. The maximum absolute atomic E-state index is 3.63. The molecule has 3 nitrogen and oxygen atoms in total. The van der Waals surface area contributed by atoms with Crippen molar-refractivity contribution in [2.75, 3.05) is 39.8 Å². The van der Waals surface area contributed by atoms with Crippen LogP contribution in [0.4, 0.5) is 0 Å². The number of rotatable bonds is 7. The minimum Gasteiger partial charge on any atom is -0.354 e. The number of likely N-dealkylation sites (N-methyl/N-ethyl adjacent to an activating group) is 1. The monoisotopic (exact) mass is 349 g/mol. The van der Waals surface area contributed by atoms with Crippen molar-refractivity contribution in [2.24, 2.45) is 0 Å². The molecule has 138 valence electrons. The molecule has 0 spiro atoms. The predicted octanol–water partition coefficient (Wildman–Crippen LogP) is 4.67. The number of unbranched alkanes of at least 4 members (excludes halogenated alkanes) is 3. The number of nitrogens with zero attached hydrogens (tertiary/aromatic N) is 2. The van der Waals surface area contributed by atoms with Gasteiger partial charge in [-0.25, -0.2) is 0 Å². The van der Waals surface area contributed by atoms with Gasteiger partial charge >= 0.3 is 0 Å². The van der Waals surface area contributed by atoms with Gasteiger partial charge in [-0.1, -0.05) is 49.2 Å². The van der Waals surface area contributed by atoms with Crippen molar-refractivity contribution in [3.05, 3.63) is 48.0 Å². The smallest absolute Gasteiger partial charge is 0.0497 e. The van der Waals surface area contributed by atoms with Gasteiger partial charge in [-0.05, 0) is 44.5 Å². The third-order valence-corrected chi connectivity index (χ3v) is 5.89. The summed E-state index contributed by atoms with van der Waals surface area (Å²) in [6.45, 7) is 6.24. The lowest BCUT2D eigenvalue weighted by Gasteiger charge is -2.32. The van der Waals surface area contributed by atoms with Gasteiger partial charge < -0.3 is 14.8 Å². The van der Waals surface area contributed by atoms with Crippen LogP contribution in [-0.2, 0) is 6.42 Å². The number of piperazine rings is 1. The molecule has 0 amide bonds. The molecular formula is C23H31N3. The summed E-state index contributed by atoms with van der Waals surface area (Å²) in [7, 11) is 2.23. The van der Waals surface area contributed by atoms with E-state index in [1.807, 2.05) is 0 Å². The van der Waals surface area contributed by atoms with Crippen LogP contribution in [0.5, 0.6) is 0 Å². The van der Waals surface area contributed by atoms with E-state index in [1.165, 1.54) is 92.2 Å². The molecule has 1 fully saturated rings. The Labute approximate surface area is 157 Å². The lowest BCUT2D eigenvalue weighted by atomic mass is 10.0. The molecule has 0 radical (unpaired) electrons. The number of hydrogen-bond donors (Lipinski definition) is 1. The van der Waals surface area contributed by atoms with Gasteiger partial charge in [0, 0.05) is 48.0 Å². The van der Waals surface area contributed by atoms with Crippen molar-refractivity contribution in [1.29, 1.82) is 0 Å². The summed E-state index contributed by atoms with van der Waals surface area (Å²) in [5.74, 6) is 0. The Hall–Kier alpha value is -1.84. The summed E-state index contributed by atoms with van der Waals surface area (Å²) < 4.78 is 0. The highest BCUT2D eigenvalue weighted by Gasteiger charge is 2.12. The molecule has 4 rings (SSSR count). The SMILES string of the molecule is CN1CCN(CCCCCCc2cccc3c2[nH]c2ccccc23)CC1. The molecular weight excluding hydrogens is 318 g/mol. The van der Waals surface area contributed by atoms with Gasteiger partial charge in [0.25, 0.3) is 0 Å². The maximum Gasteiger partial charge on any atom is 0.0497 e. The van der Waals surface area contributed by atoms with Gasteiger partial charge in [0.05, 0.1) is 0 Å². The molecule has 0 aliphatic carbocycles. The van der Waals surface area contributed by atoms with Gasteiger partial charge in [-0.3, -0.25) is 0 Å². The third-order valence-electron chi connectivity index (χ3n) is 5.89. The molecule has 3 heteroatoms. The summed E-state index contributed by atoms with van der Waals surface area (Å²) in [5, 5.41) is 2.71.